The highest BCUT2D eigenvalue weighted by molar-refractivity contribution is 6.58. The summed E-state index contributed by atoms with van der Waals surface area (Å²) in [5.41, 5.74) is 0. The summed E-state index contributed by atoms with van der Waals surface area (Å²) in [6.45, 7) is 0. The summed E-state index contributed by atoms with van der Waals surface area (Å²) in [4.78, 5) is 0. The molecule has 0 rings (SSSR count). The van der Waals surface area contributed by atoms with Crippen LogP contribution in [0, 0.1) is 22.7 Å². The average molecular weight is 278 g/mol. The molecule has 0 aromatic heterocycles. The van der Waals surface area contributed by atoms with E-state index in [2.05, 4.69) is 0 Å². The molecule has 0 heterocycles. The van der Waals surface area contributed by atoms with Gasteiger partial charge in [-0.2, -0.15) is 10.5 Å². The molecule has 0 fully saturated rings. The van der Waals surface area contributed by atoms with E-state index in [0.29, 0.717) is 0 Å². The largest absolute Gasteiger partial charge is 0.617 e. The van der Waals surface area contributed by atoms with Gasteiger partial charge in [-0.15, -0.1) is 0 Å². The number of hydrogen-bond donors (Lipinski definition) is 0. The summed E-state index contributed by atoms with van der Waals surface area (Å²) in [6, 6.07) is 1.16. The highest BCUT2D eigenvalue weighted by Gasteiger charge is 2.35. The van der Waals surface area contributed by atoms with Crippen LogP contribution >= 0.6 is 0 Å². The summed E-state index contributed by atoms with van der Waals surface area (Å²) in [5.74, 6) is 0. The van der Waals surface area contributed by atoms with E-state index in [0.717, 1.165) is 0 Å². The van der Waals surface area contributed by atoms with E-state index in [1.165, 1.54) is 12.1 Å². The maximum absolute atomic E-state index is 11.2. The lowest BCUT2D eigenvalue weighted by Gasteiger charge is -1.93. The predicted octanol–water partition coefficient (Wildman–Crippen LogP) is 3.49. The SMILES string of the molecule is N#CCC[Si](F)(F)F.N#CCC[Si](F)(F)F. The Morgan fingerprint density at radius 1 is 0.688 bits per heavy atom. The summed E-state index contributed by atoms with van der Waals surface area (Å²) in [6.07, 6.45) is -0.758. The van der Waals surface area contributed by atoms with E-state index in [1.807, 2.05) is 0 Å². The molecule has 10 heteroatoms. The second-order valence-corrected chi connectivity index (χ2v) is 6.01. The Morgan fingerprint density at radius 3 is 1.00 bits per heavy atom. The predicted molar refractivity (Wildman–Crippen MR) is 48.2 cm³/mol. The molecule has 0 atom stereocenters. The molecule has 92 valence electrons. The van der Waals surface area contributed by atoms with Gasteiger partial charge in [0.2, 0.25) is 0 Å². The van der Waals surface area contributed by atoms with Crippen molar-refractivity contribution in [2.24, 2.45) is 0 Å². The zero-order chi connectivity index (χ0) is 13.2. The van der Waals surface area contributed by atoms with Crippen LogP contribution in [0.4, 0.5) is 24.6 Å². The topological polar surface area (TPSA) is 47.6 Å². The Bertz CT molecular complexity index is 232. The van der Waals surface area contributed by atoms with Crippen LogP contribution in [0.25, 0.3) is 0 Å². The van der Waals surface area contributed by atoms with Crippen LogP contribution < -0.4 is 0 Å². The molecule has 16 heavy (non-hydrogen) atoms. The smallest absolute Gasteiger partial charge is 0.238 e. The molecule has 0 saturated carbocycles. The van der Waals surface area contributed by atoms with Crippen molar-refractivity contribution in [1.82, 2.24) is 0 Å². The number of rotatable bonds is 4. The van der Waals surface area contributed by atoms with E-state index < -0.39 is 30.2 Å². The fourth-order valence-electron chi connectivity index (χ4n) is 0.395. The maximum Gasteiger partial charge on any atom is 0.617 e. The Morgan fingerprint density at radius 2 is 0.938 bits per heavy atom. The van der Waals surface area contributed by atoms with Crippen LogP contribution in [-0.4, -0.2) is 18.2 Å². The number of nitriles is 2. The second kappa shape index (κ2) is 8.18. The van der Waals surface area contributed by atoms with Crippen LogP contribution in [0.5, 0.6) is 0 Å². The lowest BCUT2D eigenvalue weighted by Crippen LogP contribution is -2.12. The molecule has 0 aromatic rings. The first-order chi connectivity index (χ1) is 7.12. The quantitative estimate of drug-likeness (QED) is 0.449. The first-order valence-electron chi connectivity index (χ1n) is 4.00. The molecule has 0 aliphatic carbocycles. The molecular weight excluding hydrogens is 270 g/mol. The molecule has 0 radical (unpaired) electrons. The molecule has 0 aliphatic rings. The first kappa shape index (κ1) is 17.4. The molecule has 0 spiro atoms. The van der Waals surface area contributed by atoms with Crippen LogP contribution in [0.15, 0.2) is 0 Å². The van der Waals surface area contributed by atoms with E-state index in [1.54, 1.807) is 0 Å². The zero-order valence-electron chi connectivity index (χ0n) is 7.99. The molecule has 2 nitrogen and oxygen atoms in total. The van der Waals surface area contributed by atoms with Gasteiger partial charge in [0.25, 0.3) is 0 Å². The van der Waals surface area contributed by atoms with Gasteiger partial charge in [0.05, 0.1) is 12.1 Å². The minimum absolute atomic E-state index is 0.379. The van der Waals surface area contributed by atoms with Gasteiger partial charge in [0.1, 0.15) is 0 Å². The van der Waals surface area contributed by atoms with Crippen LogP contribution in [0.3, 0.4) is 0 Å². The van der Waals surface area contributed by atoms with Gasteiger partial charge in [0.15, 0.2) is 0 Å². The number of hydrogen-bond acceptors (Lipinski definition) is 2. The lowest BCUT2D eigenvalue weighted by molar-refractivity contribution is 0.467. The van der Waals surface area contributed by atoms with Crippen molar-refractivity contribution in [1.29, 1.82) is 10.5 Å². The second-order valence-electron chi connectivity index (χ2n) is 2.55. The number of halogens is 6. The molecule has 0 N–H and O–H groups in total. The minimum atomic E-state index is -5.40. The van der Waals surface area contributed by atoms with Gasteiger partial charge in [-0.1, -0.05) is 0 Å². The monoisotopic (exact) mass is 278 g/mol. The first-order valence-corrected chi connectivity index (χ1v) is 7.68. The van der Waals surface area contributed by atoms with Crippen molar-refractivity contribution >= 4 is 18.2 Å². The van der Waals surface area contributed by atoms with Crippen molar-refractivity contribution in [3.05, 3.63) is 0 Å². The molecule has 0 amide bonds. The average Bonchev–Trinajstić information content (AvgIpc) is 2.10. The molecule has 0 aliphatic heterocycles. The van der Waals surface area contributed by atoms with Gasteiger partial charge >= 0.3 is 18.2 Å². The van der Waals surface area contributed by atoms with E-state index in [4.69, 9.17) is 10.5 Å². The summed E-state index contributed by atoms with van der Waals surface area (Å²) < 4.78 is 67.4. The highest BCUT2D eigenvalue weighted by Crippen LogP contribution is 2.16. The van der Waals surface area contributed by atoms with Crippen molar-refractivity contribution in [3.63, 3.8) is 0 Å². The minimum Gasteiger partial charge on any atom is -0.238 e. The Kier molecular flexibility index (Phi) is 8.89. The van der Waals surface area contributed by atoms with Crippen molar-refractivity contribution in [3.8, 4) is 12.1 Å². The van der Waals surface area contributed by atoms with Gasteiger partial charge in [-0.25, -0.2) is 24.6 Å². The van der Waals surface area contributed by atoms with Crippen molar-refractivity contribution < 1.29 is 24.6 Å². The van der Waals surface area contributed by atoms with Crippen LogP contribution in [0.2, 0.25) is 12.1 Å². The molecular formula is C6H8F6N2Si2. The fourth-order valence-corrected chi connectivity index (χ4v) is 1.19. The van der Waals surface area contributed by atoms with E-state index >= 15 is 0 Å². The molecule has 0 bridgehead atoms. The fraction of sp³-hybridized carbons (Fsp3) is 0.667. The zero-order valence-corrected chi connectivity index (χ0v) is 9.99. The van der Waals surface area contributed by atoms with Crippen LogP contribution in [-0.2, 0) is 0 Å². The van der Waals surface area contributed by atoms with Gasteiger partial charge < -0.3 is 0 Å². The van der Waals surface area contributed by atoms with E-state index in [-0.39, 0.29) is 12.8 Å². The Labute approximate surface area is 91.2 Å². The van der Waals surface area contributed by atoms with E-state index in [9.17, 15) is 24.6 Å². The third-order valence-corrected chi connectivity index (χ3v) is 2.67. The Balaban J connectivity index is 0. The molecule has 0 saturated heterocycles. The lowest BCUT2D eigenvalue weighted by atomic mass is 10.6. The summed E-state index contributed by atoms with van der Waals surface area (Å²) in [5, 5.41) is 15.4. The van der Waals surface area contributed by atoms with Gasteiger partial charge in [-0.05, 0) is 0 Å². The van der Waals surface area contributed by atoms with Gasteiger partial charge in [0, 0.05) is 24.9 Å². The molecule has 0 unspecified atom stereocenters. The number of nitrogens with zero attached hydrogens (tertiary/aromatic N) is 2. The third-order valence-electron chi connectivity index (χ3n) is 1.04. The Hall–Kier alpha value is -1.01. The van der Waals surface area contributed by atoms with Crippen molar-refractivity contribution in [2.75, 3.05) is 0 Å². The standard InChI is InChI=1S/2C3H4F3NSi/c2*4-8(5,6)3-1-2-7/h2*1,3H2. The summed E-state index contributed by atoms with van der Waals surface area (Å²) in [7, 11) is -10.8. The highest BCUT2D eigenvalue weighted by atomic mass is 28.5. The molecule has 0 aromatic carbocycles. The third kappa shape index (κ3) is 23.1. The van der Waals surface area contributed by atoms with Gasteiger partial charge in [-0.3, -0.25) is 0 Å². The van der Waals surface area contributed by atoms with Crippen LogP contribution in [0.1, 0.15) is 12.8 Å². The normalized spacial score (nSPS) is 10.8. The maximum atomic E-state index is 11.2. The van der Waals surface area contributed by atoms with Crippen molar-refractivity contribution in [2.45, 2.75) is 24.9 Å². The summed E-state index contributed by atoms with van der Waals surface area (Å²) >= 11 is 0.